The van der Waals surface area contributed by atoms with E-state index in [-0.39, 0.29) is 25.0 Å². The largest absolute Gasteiger partial charge is 0.480 e. The van der Waals surface area contributed by atoms with Crippen LogP contribution in [0, 0.1) is 0 Å². The van der Waals surface area contributed by atoms with Crippen molar-refractivity contribution in [2.24, 2.45) is 0 Å². The molecule has 0 spiro atoms. The van der Waals surface area contributed by atoms with E-state index in [0.29, 0.717) is 5.82 Å². The molecule has 7 heteroatoms. The molecule has 0 atom stereocenters. The van der Waals surface area contributed by atoms with Crippen molar-refractivity contribution in [1.82, 2.24) is 14.7 Å². The summed E-state index contributed by atoms with van der Waals surface area (Å²) in [6.07, 6.45) is 2.55. The fourth-order valence-electron chi connectivity index (χ4n) is 1.79. The summed E-state index contributed by atoms with van der Waals surface area (Å²) in [4.78, 5) is 24.3. The summed E-state index contributed by atoms with van der Waals surface area (Å²) < 4.78 is 1.72. The lowest BCUT2D eigenvalue weighted by molar-refractivity contribution is -0.139. The molecule has 20 heavy (non-hydrogen) atoms. The van der Waals surface area contributed by atoms with Crippen LogP contribution in [-0.4, -0.2) is 50.8 Å². The number of amides is 1. The first-order chi connectivity index (χ1) is 9.43. The molecule has 0 fully saturated rings. The van der Waals surface area contributed by atoms with E-state index < -0.39 is 5.97 Å². The van der Waals surface area contributed by atoms with Gasteiger partial charge in [0, 0.05) is 18.7 Å². The Balaban J connectivity index is 2.61. The number of carboxylic acids is 1. The highest BCUT2D eigenvalue weighted by molar-refractivity contribution is 5.91. The van der Waals surface area contributed by atoms with Gasteiger partial charge in [0.05, 0.1) is 19.3 Å². The lowest BCUT2D eigenvalue weighted by atomic mass is 10.3. The summed E-state index contributed by atoms with van der Waals surface area (Å²) in [5.74, 6) is -0.545. The Bertz CT molecular complexity index is 456. The minimum atomic E-state index is -0.942. The molecular weight excluding hydrogens is 260 g/mol. The second-order valence-electron chi connectivity index (χ2n) is 4.88. The first kappa shape index (κ1) is 16.2. The van der Waals surface area contributed by atoms with Crippen LogP contribution in [0.1, 0.15) is 27.2 Å². The number of nitrogens with zero attached hydrogens (tertiary/aromatic N) is 3. The number of nitrogens with one attached hydrogen (secondary N) is 1. The second-order valence-corrected chi connectivity index (χ2v) is 4.88. The van der Waals surface area contributed by atoms with Crippen molar-refractivity contribution in [3.63, 3.8) is 0 Å². The van der Waals surface area contributed by atoms with E-state index in [2.05, 4.69) is 10.4 Å². The molecule has 0 aromatic carbocycles. The molecule has 2 N–H and O–H groups in total. The van der Waals surface area contributed by atoms with Crippen LogP contribution in [0.15, 0.2) is 12.3 Å². The van der Waals surface area contributed by atoms with Crippen molar-refractivity contribution in [2.75, 3.05) is 18.4 Å². The normalized spacial score (nSPS) is 11.1. The zero-order valence-electron chi connectivity index (χ0n) is 12.2. The van der Waals surface area contributed by atoms with Crippen LogP contribution in [0.5, 0.6) is 0 Å². The smallest absolute Gasteiger partial charge is 0.317 e. The fourth-order valence-corrected chi connectivity index (χ4v) is 1.79. The number of aliphatic carboxylic acids is 1. The predicted octanol–water partition coefficient (Wildman–Crippen LogP) is 1.03. The summed E-state index contributed by atoms with van der Waals surface area (Å²) in [7, 11) is 0. The number of carboxylic acid groups (broad SMARTS) is 1. The lowest BCUT2D eigenvalue weighted by Gasteiger charge is -2.23. The van der Waals surface area contributed by atoms with Crippen molar-refractivity contribution < 1.29 is 14.7 Å². The van der Waals surface area contributed by atoms with Crippen LogP contribution in [0.2, 0.25) is 0 Å². The van der Waals surface area contributed by atoms with Gasteiger partial charge in [0.15, 0.2) is 0 Å². The van der Waals surface area contributed by atoms with Crippen molar-refractivity contribution in [2.45, 2.75) is 39.8 Å². The van der Waals surface area contributed by atoms with Crippen LogP contribution in [-0.2, 0) is 16.1 Å². The average molecular weight is 282 g/mol. The predicted molar refractivity (Wildman–Crippen MR) is 75.5 cm³/mol. The minimum Gasteiger partial charge on any atom is -0.480 e. The highest BCUT2D eigenvalue weighted by Gasteiger charge is 2.17. The Morgan fingerprint density at radius 3 is 2.70 bits per heavy atom. The van der Waals surface area contributed by atoms with Crippen molar-refractivity contribution in [3.05, 3.63) is 12.3 Å². The molecule has 1 heterocycles. The SMILES string of the molecule is CCCn1nccc1NC(=O)CN(CC(=O)O)C(C)C. The van der Waals surface area contributed by atoms with E-state index in [1.54, 1.807) is 21.8 Å². The maximum atomic E-state index is 12.0. The van der Waals surface area contributed by atoms with Crippen LogP contribution in [0.4, 0.5) is 5.82 Å². The van der Waals surface area contributed by atoms with Gasteiger partial charge < -0.3 is 10.4 Å². The lowest BCUT2D eigenvalue weighted by Crippen LogP contribution is -2.41. The molecule has 1 amide bonds. The minimum absolute atomic E-state index is 0.0163. The summed E-state index contributed by atoms with van der Waals surface area (Å²) >= 11 is 0. The molecule has 1 aromatic rings. The fraction of sp³-hybridized carbons (Fsp3) is 0.615. The van der Waals surface area contributed by atoms with Crippen LogP contribution >= 0.6 is 0 Å². The van der Waals surface area contributed by atoms with Crippen LogP contribution < -0.4 is 5.32 Å². The quantitative estimate of drug-likeness (QED) is 0.743. The zero-order valence-corrected chi connectivity index (χ0v) is 12.2. The molecule has 0 saturated carbocycles. The van der Waals surface area contributed by atoms with Crippen LogP contribution in [0.3, 0.4) is 0 Å². The van der Waals surface area contributed by atoms with Gasteiger partial charge in [-0.2, -0.15) is 5.10 Å². The first-order valence-electron chi connectivity index (χ1n) is 6.71. The van der Waals surface area contributed by atoms with E-state index >= 15 is 0 Å². The molecule has 112 valence electrons. The maximum Gasteiger partial charge on any atom is 0.317 e. The van der Waals surface area contributed by atoms with Gasteiger partial charge in [-0.15, -0.1) is 0 Å². The van der Waals surface area contributed by atoms with E-state index in [9.17, 15) is 9.59 Å². The zero-order chi connectivity index (χ0) is 15.1. The Morgan fingerprint density at radius 2 is 2.15 bits per heavy atom. The Hall–Kier alpha value is -1.89. The van der Waals surface area contributed by atoms with Crippen molar-refractivity contribution in [3.8, 4) is 0 Å². The van der Waals surface area contributed by atoms with Gasteiger partial charge in [0.25, 0.3) is 0 Å². The highest BCUT2D eigenvalue weighted by Crippen LogP contribution is 2.07. The average Bonchev–Trinajstić information content (AvgIpc) is 2.75. The number of rotatable bonds is 8. The molecule has 1 rings (SSSR count). The third kappa shape index (κ3) is 5.00. The molecule has 0 unspecified atom stereocenters. The van der Waals surface area contributed by atoms with E-state index in [0.717, 1.165) is 13.0 Å². The standard InChI is InChI=1S/C13H22N4O3/c1-4-7-17-11(5-6-14-17)15-12(18)8-16(10(2)3)9-13(19)20/h5-6,10H,4,7-9H2,1-3H3,(H,15,18)(H,19,20). The van der Waals surface area contributed by atoms with Crippen LogP contribution in [0.25, 0.3) is 0 Å². The van der Waals surface area contributed by atoms with Gasteiger partial charge in [-0.05, 0) is 20.3 Å². The highest BCUT2D eigenvalue weighted by atomic mass is 16.4. The number of carbonyl (C=O) groups is 2. The Morgan fingerprint density at radius 1 is 1.45 bits per heavy atom. The van der Waals surface area contributed by atoms with Crippen molar-refractivity contribution >= 4 is 17.7 Å². The molecule has 7 nitrogen and oxygen atoms in total. The van der Waals surface area contributed by atoms with Gasteiger partial charge in [-0.25, -0.2) is 4.68 Å². The Labute approximate surface area is 118 Å². The number of aryl methyl sites for hydroxylation is 1. The molecule has 0 bridgehead atoms. The molecular formula is C13H22N4O3. The summed E-state index contributed by atoms with van der Waals surface area (Å²) in [5.41, 5.74) is 0. The number of anilines is 1. The summed E-state index contributed by atoms with van der Waals surface area (Å²) in [6, 6.07) is 1.71. The van der Waals surface area contributed by atoms with Gasteiger partial charge >= 0.3 is 5.97 Å². The third-order valence-electron chi connectivity index (χ3n) is 2.83. The third-order valence-corrected chi connectivity index (χ3v) is 2.83. The molecule has 1 aromatic heterocycles. The number of hydrogen-bond acceptors (Lipinski definition) is 4. The maximum absolute atomic E-state index is 12.0. The monoisotopic (exact) mass is 282 g/mol. The summed E-state index contributed by atoms with van der Waals surface area (Å²) in [5, 5.41) is 15.7. The van der Waals surface area contributed by atoms with Gasteiger partial charge in [0.2, 0.25) is 5.91 Å². The van der Waals surface area contributed by atoms with E-state index in [1.807, 2.05) is 20.8 Å². The number of carbonyl (C=O) groups excluding carboxylic acids is 1. The molecule has 0 aliphatic carbocycles. The molecule has 0 aliphatic heterocycles. The molecule has 0 radical (unpaired) electrons. The first-order valence-corrected chi connectivity index (χ1v) is 6.71. The number of hydrogen-bond donors (Lipinski definition) is 2. The van der Waals surface area contributed by atoms with E-state index in [4.69, 9.17) is 5.11 Å². The van der Waals surface area contributed by atoms with Gasteiger partial charge in [0.1, 0.15) is 5.82 Å². The van der Waals surface area contributed by atoms with Crippen molar-refractivity contribution in [1.29, 1.82) is 0 Å². The topological polar surface area (TPSA) is 87.5 Å². The van der Waals surface area contributed by atoms with Gasteiger partial charge in [-0.1, -0.05) is 6.92 Å². The Kier molecular flexibility index (Phi) is 6.17. The molecule has 0 aliphatic rings. The second kappa shape index (κ2) is 7.64. The van der Waals surface area contributed by atoms with Gasteiger partial charge in [-0.3, -0.25) is 14.5 Å². The summed E-state index contributed by atoms with van der Waals surface area (Å²) in [6.45, 7) is 6.36. The van der Waals surface area contributed by atoms with E-state index in [1.165, 1.54) is 0 Å². The number of aromatic nitrogens is 2. The molecule has 0 saturated heterocycles.